The summed E-state index contributed by atoms with van der Waals surface area (Å²) >= 11 is 0. The average Bonchev–Trinajstić information content (AvgIpc) is 3.35. The normalized spacial score (nSPS) is 14.0. The third-order valence-corrected chi connectivity index (χ3v) is 15.6. The Morgan fingerprint density at radius 3 is 1.10 bits per heavy atom. The number of rotatable bonds is 59. The minimum absolute atomic E-state index is 0.0553. The van der Waals surface area contributed by atoms with Crippen molar-refractivity contribution in [2.75, 3.05) is 40.9 Å². The van der Waals surface area contributed by atoms with Crippen molar-refractivity contribution in [1.29, 1.82) is 0 Å². The van der Waals surface area contributed by atoms with E-state index in [9.17, 15) is 19.4 Å². The third kappa shape index (κ3) is 58.2. The third-order valence-electron chi connectivity index (χ3n) is 14.6. The van der Waals surface area contributed by atoms with E-state index in [-0.39, 0.29) is 19.1 Å². The molecule has 0 fully saturated rings. The van der Waals surface area contributed by atoms with E-state index in [1.165, 1.54) is 250 Å². The molecule has 0 aromatic carbocycles. The predicted octanol–water partition coefficient (Wildman–Crippen LogP) is 19.7. The molecule has 0 rings (SSSR count). The molecule has 0 aromatic rings. The van der Waals surface area contributed by atoms with Crippen LogP contribution in [0.4, 0.5) is 0 Å². The molecular weight excluding hydrogens is 924 g/mol. The fraction of sp³-hybridized carbons (Fsp3) is 0.891. The second-order valence-electron chi connectivity index (χ2n) is 23.1. The predicted molar refractivity (Wildman–Crippen MR) is 318 cm³/mol. The molecule has 3 atom stereocenters. The summed E-state index contributed by atoms with van der Waals surface area (Å²) in [7, 11) is 1.56. The molecular formula is C64H126N2O6P+. The Kier molecular flexibility index (Phi) is 54.5. The zero-order chi connectivity index (χ0) is 53.5. The largest absolute Gasteiger partial charge is 0.472 e. The number of phosphoric acid groups is 1. The minimum Gasteiger partial charge on any atom is -0.387 e. The first kappa shape index (κ1) is 71.7. The maximum atomic E-state index is 13.0. The highest BCUT2D eigenvalue weighted by Crippen LogP contribution is 2.43. The van der Waals surface area contributed by atoms with Crippen LogP contribution in [-0.2, 0) is 18.4 Å². The van der Waals surface area contributed by atoms with Crippen LogP contribution in [0.2, 0.25) is 0 Å². The van der Waals surface area contributed by atoms with Crippen molar-refractivity contribution in [2.45, 2.75) is 328 Å². The maximum absolute atomic E-state index is 13.0. The number of carbonyl (C=O) groups is 1. The molecule has 0 radical (unpaired) electrons. The Labute approximate surface area is 455 Å². The molecule has 0 spiro atoms. The zero-order valence-electron chi connectivity index (χ0n) is 49.4. The molecule has 432 valence electrons. The van der Waals surface area contributed by atoms with Gasteiger partial charge in [-0.25, -0.2) is 4.57 Å². The summed E-state index contributed by atoms with van der Waals surface area (Å²) in [5.74, 6) is -0.184. The van der Waals surface area contributed by atoms with Crippen LogP contribution < -0.4 is 5.32 Å². The number of unbranched alkanes of at least 4 members (excludes halogenated alkanes) is 42. The standard InChI is InChI=1S/C64H125N2O6P/c1-6-8-10-12-14-16-18-20-22-24-26-28-30-32-33-34-35-37-39-41-43-45-47-49-51-53-55-57-63(67)62(61-72-73(69,70)71-60-59-66(3,4)5)65-64(68)58-56-54-52-50-48-46-44-42-40-38-36-31-29-27-25-23-21-19-17-15-13-11-9-7-2/h39,41,47,49,55,57,62-63,67H,6-38,40,42-46,48,50-54,56,58-61H2,1-5H3,(H-,65,68,69,70)/p+1/b41-39+,49-47+,57-55+. The van der Waals surface area contributed by atoms with Crippen LogP contribution in [-0.4, -0.2) is 73.4 Å². The summed E-state index contributed by atoms with van der Waals surface area (Å²) in [4.78, 5) is 23.3. The molecule has 0 aliphatic carbocycles. The highest BCUT2D eigenvalue weighted by atomic mass is 31.2. The van der Waals surface area contributed by atoms with Crippen molar-refractivity contribution >= 4 is 13.7 Å². The van der Waals surface area contributed by atoms with Crippen molar-refractivity contribution in [3.05, 3.63) is 36.5 Å². The van der Waals surface area contributed by atoms with E-state index in [0.717, 1.165) is 44.9 Å². The number of nitrogens with zero attached hydrogens (tertiary/aromatic N) is 1. The fourth-order valence-electron chi connectivity index (χ4n) is 9.61. The summed E-state index contributed by atoms with van der Waals surface area (Å²) in [6.45, 7) is 4.84. The summed E-state index contributed by atoms with van der Waals surface area (Å²) in [5.41, 5.74) is 0. The quantitative estimate of drug-likeness (QED) is 0.0243. The van der Waals surface area contributed by atoms with Gasteiger partial charge in [-0.05, 0) is 44.9 Å². The Bertz CT molecular complexity index is 1280. The lowest BCUT2D eigenvalue weighted by Crippen LogP contribution is -2.45. The number of hydrogen-bond acceptors (Lipinski definition) is 5. The van der Waals surface area contributed by atoms with Gasteiger partial charge in [-0.3, -0.25) is 13.8 Å². The van der Waals surface area contributed by atoms with Gasteiger partial charge in [-0.1, -0.05) is 301 Å². The van der Waals surface area contributed by atoms with Gasteiger partial charge in [0, 0.05) is 6.42 Å². The summed E-state index contributed by atoms with van der Waals surface area (Å²) < 4.78 is 23.7. The molecule has 0 aromatic heterocycles. The molecule has 8 nitrogen and oxygen atoms in total. The van der Waals surface area contributed by atoms with Gasteiger partial charge in [0.1, 0.15) is 13.2 Å². The van der Waals surface area contributed by atoms with E-state index in [0.29, 0.717) is 17.4 Å². The molecule has 3 unspecified atom stereocenters. The Morgan fingerprint density at radius 2 is 0.753 bits per heavy atom. The van der Waals surface area contributed by atoms with Gasteiger partial charge in [0.25, 0.3) is 0 Å². The van der Waals surface area contributed by atoms with E-state index in [1.807, 2.05) is 27.2 Å². The van der Waals surface area contributed by atoms with Crippen LogP contribution in [0.15, 0.2) is 36.5 Å². The first-order valence-corrected chi connectivity index (χ1v) is 33.4. The van der Waals surface area contributed by atoms with E-state index >= 15 is 0 Å². The summed E-state index contributed by atoms with van der Waals surface area (Å²) in [5, 5.41) is 14.0. The topological polar surface area (TPSA) is 105 Å². The first-order chi connectivity index (χ1) is 35.5. The molecule has 3 N–H and O–H groups in total. The van der Waals surface area contributed by atoms with Gasteiger partial charge in [0.15, 0.2) is 0 Å². The lowest BCUT2D eigenvalue weighted by molar-refractivity contribution is -0.870. The second kappa shape index (κ2) is 55.5. The summed E-state index contributed by atoms with van der Waals surface area (Å²) in [6.07, 6.45) is 72.8. The molecule has 0 saturated carbocycles. The van der Waals surface area contributed by atoms with E-state index < -0.39 is 20.0 Å². The molecule has 0 aliphatic heterocycles. The van der Waals surface area contributed by atoms with Crippen molar-refractivity contribution in [2.24, 2.45) is 0 Å². The van der Waals surface area contributed by atoms with E-state index in [2.05, 4.69) is 43.5 Å². The number of aliphatic hydroxyl groups excluding tert-OH is 1. The van der Waals surface area contributed by atoms with Gasteiger partial charge >= 0.3 is 7.82 Å². The van der Waals surface area contributed by atoms with Gasteiger partial charge in [0.05, 0.1) is 39.9 Å². The Morgan fingerprint density at radius 1 is 0.452 bits per heavy atom. The number of carbonyl (C=O) groups excluding carboxylic acids is 1. The first-order valence-electron chi connectivity index (χ1n) is 31.9. The highest BCUT2D eigenvalue weighted by Gasteiger charge is 2.27. The molecule has 0 bridgehead atoms. The second-order valence-corrected chi connectivity index (χ2v) is 24.6. The fourth-order valence-corrected chi connectivity index (χ4v) is 10.3. The Hall–Kier alpha value is -1.28. The van der Waals surface area contributed by atoms with Crippen molar-refractivity contribution in [3.63, 3.8) is 0 Å². The van der Waals surface area contributed by atoms with Crippen LogP contribution in [0.1, 0.15) is 316 Å². The van der Waals surface area contributed by atoms with Gasteiger partial charge in [0.2, 0.25) is 5.91 Å². The van der Waals surface area contributed by atoms with Gasteiger partial charge in [-0.15, -0.1) is 0 Å². The number of quaternary nitrogens is 1. The number of allylic oxidation sites excluding steroid dienone is 5. The van der Waals surface area contributed by atoms with Gasteiger partial charge < -0.3 is 19.8 Å². The average molecular weight is 1050 g/mol. The van der Waals surface area contributed by atoms with E-state index in [1.54, 1.807) is 6.08 Å². The van der Waals surface area contributed by atoms with E-state index in [4.69, 9.17) is 9.05 Å². The van der Waals surface area contributed by atoms with Gasteiger partial charge in [-0.2, -0.15) is 0 Å². The van der Waals surface area contributed by atoms with Crippen LogP contribution in [0, 0.1) is 0 Å². The number of amides is 1. The smallest absolute Gasteiger partial charge is 0.387 e. The number of aliphatic hydroxyl groups is 1. The van der Waals surface area contributed by atoms with Crippen LogP contribution in [0.3, 0.4) is 0 Å². The molecule has 0 saturated heterocycles. The number of phosphoric ester groups is 1. The maximum Gasteiger partial charge on any atom is 0.472 e. The SMILES string of the molecule is CCCCCCCCCCCCCCCCCCC/C=C/CC/C=C/CC/C=C/C(O)C(COP(=O)(O)OCC[N+](C)(C)C)NC(=O)CCCCCCCCCCCCCCCCCCCCCCCCCC. The lowest BCUT2D eigenvalue weighted by atomic mass is 10.0. The molecule has 1 amide bonds. The monoisotopic (exact) mass is 1050 g/mol. The number of nitrogens with one attached hydrogen (secondary N) is 1. The lowest BCUT2D eigenvalue weighted by Gasteiger charge is -2.25. The molecule has 0 heterocycles. The van der Waals surface area contributed by atoms with Crippen LogP contribution in [0.25, 0.3) is 0 Å². The Balaban J connectivity index is 4.19. The molecule has 73 heavy (non-hydrogen) atoms. The summed E-state index contributed by atoms with van der Waals surface area (Å²) in [6, 6.07) is -0.869. The molecule has 0 aliphatic rings. The minimum atomic E-state index is -4.36. The number of hydrogen-bond donors (Lipinski definition) is 3. The van der Waals surface area contributed by atoms with Crippen molar-refractivity contribution in [1.82, 2.24) is 5.32 Å². The molecule has 9 heteroatoms. The van der Waals surface area contributed by atoms with Crippen LogP contribution in [0.5, 0.6) is 0 Å². The number of likely N-dealkylation sites (N-methyl/N-ethyl adjacent to an activating group) is 1. The van der Waals surface area contributed by atoms with Crippen molar-refractivity contribution in [3.8, 4) is 0 Å². The van der Waals surface area contributed by atoms with Crippen LogP contribution >= 0.6 is 7.82 Å². The highest BCUT2D eigenvalue weighted by molar-refractivity contribution is 7.47. The zero-order valence-corrected chi connectivity index (χ0v) is 50.3. The van der Waals surface area contributed by atoms with Crippen molar-refractivity contribution < 1.29 is 32.9 Å².